The molecule has 2 saturated heterocycles. The molecule has 0 saturated carbocycles. The van der Waals surface area contributed by atoms with Crippen molar-refractivity contribution in [3.63, 3.8) is 0 Å². The fourth-order valence-corrected chi connectivity index (χ4v) is 3.54. The first-order valence-electron chi connectivity index (χ1n) is 8.02. The van der Waals surface area contributed by atoms with E-state index >= 15 is 0 Å². The van der Waals surface area contributed by atoms with Gasteiger partial charge < -0.3 is 14.9 Å². The number of aliphatic hydroxyl groups excluding tert-OH is 1. The van der Waals surface area contributed by atoms with E-state index in [1.807, 2.05) is 0 Å². The van der Waals surface area contributed by atoms with Gasteiger partial charge in [0.15, 0.2) is 0 Å². The number of aliphatic hydroxyl groups is 1. The summed E-state index contributed by atoms with van der Waals surface area (Å²) in [6, 6.07) is 0. The molecule has 2 unspecified atom stereocenters. The van der Waals surface area contributed by atoms with Crippen molar-refractivity contribution in [1.29, 1.82) is 0 Å². The summed E-state index contributed by atoms with van der Waals surface area (Å²) >= 11 is 0. The standard InChI is InChI=1S/C16H28N2O3/c1-16(2)10-12(19)7-9-18(11-16)15(21)13-6-4-5-8-17(3)14(13)20/h12-13,19H,4-11H2,1-3H3. The average molecular weight is 296 g/mol. The molecule has 1 N–H and O–H groups in total. The van der Waals surface area contributed by atoms with Gasteiger partial charge in [0, 0.05) is 26.7 Å². The molecule has 120 valence electrons. The zero-order valence-electron chi connectivity index (χ0n) is 13.5. The molecule has 2 aliphatic heterocycles. The highest BCUT2D eigenvalue weighted by Crippen LogP contribution is 2.30. The van der Waals surface area contributed by atoms with Crippen molar-refractivity contribution in [2.24, 2.45) is 11.3 Å². The molecule has 5 heteroatoms. The zero-order chi connectivity index (χ0) is 15.6. The zero-order valence-corrected chi connectivity index (χ0v) is 13.5. The largest absolute Gasteiger partial charge is 0.393 e. The van der Waals surface area contributed by atoms with Crippen LogP contribution in [0.5, 0.6) is 0 Å². The summed E-state index contributed by atoms with van der Waals surface area (Å²) in [7, 11) is 1.78. The van der Waals surface area contributed by atoms with Crippen molar-refractivity contribution in [2.45, 2.75) is 52.1 Å². The number of hydrogen-bond donors (Lipinski definition) is 1. The molecular weight excluding hydrogens is 268 g/mol. The summed E-state index contributed by atoms with van der Waals surface area (Å²) in [4.78, 5) is 28.7. The molecule has 0 bridgehead atoms. The lowest BCUT2D eigenvalue weighted by molar-refractivity contribution is -0.146. The monoisotopic (exact) mass is 296 g/mol. The van der Waals surface area contributed by atoms with E-state index in [0.717, 1.165) is 19.4 Å². The molecule has 2 aliphatic rings. The Hall–Kier alpha value is -1.10. The highest BCUT2D eigenvalue weighted by molar-refractivity contribution is 6.00. The van der Waals surface area contributed by atoms with Crippen LogP contribution in [0.15, 0.2) is 0 Å². The quantitative estimate of drug-likeness (QED) is 0.741. The lowest BCUT2D eigenvalue weighted by Gasteiger charge is -2.32. The van der Waals surface area contributed by atoms with Crippen LogP contribution >= 0.6 is 0 Å². The second-order valence-corrected chi connectivity index (χ2v) is 7.38. The number of amides is 2. The normalized spacial score (nSPS) is 30.8. The molecule has 0 aromatic rings. The van der Waals surface area contributed by atoms with Gasteiger partial charge in [-0.05, 0) is 31.1 Å². The highest BCUT2D eigenvalue weighted by atomic mass is 16.3. The van der Waals surface area contributed by atoms with E-state index in [9.17, 15) is 14.7 Å². The Kier molecular flexibility index (Phi) is 4.91. The van der Waals surface area contributed by atoms with E-state index in [4.69, 9.17) is 0 Å². The summed E-state index contributed by atoms with van der Waals surface area (Å²) in [5.74, 6) is -0.612. The Morgan fingerprint density at radius 3 is 2.67 bits per heavy atom. The molecule has 2 heterocycles. The number of carbonyl (C=O) groups excluding carboxylic acids is 2. The van der Waals surface area contributed by atoms with Gasteiger partial charge in [-0.2, -0.15) is 0 Å². The third-order valence-electron chi connectivity index (χ3n) is 4.66. The first kappa shape index (κ1) is 16.3. The van der Waals surface area contributed by atoms with Crippen LogP contribution in [0.25, 0.3) is 0 Å². The van der Waals surface area contributed by atoms with Crippen molar-refractivity contribution in [2.75, 3.05) is 26.7 Å². The van der Waals surface area contributed by atoms with Crippen LogP contribution in [-0.4, -0.2) is 59.5 Å². The Morgan fingerprint density at radius 1 is 1.24 bits per heavy atom. The fourth-order valence-electron chi connectivity index (χ4n) is 3.54. The number of nitrogens with zero attached hydrogens (tertiary/aromatic N) is 2. The van der Waals surface area contributed by atoms with Gasteiger partial charge in [-0.1, -0.05) is 20.3 Å². The number of carbonyl (C=O) groups is 2. The van der Waals surface area contributed by atoms with Crippen LogP contribution < -0.4 is 0 Å². The van der Waals surface area contributed by atoms with E-state index < -0.39 is 5.92 Å². The third kappa shape index (κ3) is 3.96. The lowest BCUT2D eigenvalue weighted by Crippen LogP contribution is -2.45. The van der Waals surface area contributed by atoms with Crippen molar-refractivity contribution in [1.82, 2.24) is 9.80 Å². The van der Waals surface area contributed by atoms with Crippen LogP contribution in [0.4, 0.5) is 0 Å². The molecule has 2 atom stereocenters. The molecule has 2 rings (SSSR count). The van der Waals surface area contributed by atoms with Gasteiger partial charge >= 0.3 is 0 Å². The van der Waals surface area contributed by atoms with E-state index in [1.165, 1.54) is 0 Å². The van der Waals surface area contributed by atoms with Gasteiger partial charge in [-0.25, -0.2) is 0 Å². The SMILES string of the molecule is CN1CCCCC(C(=O)N2CCC(O)CC(C)(C)C2)C1=O. The van der Waals surface area contributed by atoms with Gasteiger partial charge in [0.05, 0.1) is 6.10 Å². The van der Waals surface area contributed by atoms with Crippen molar-refractivity contribution in [3.05, 3.63) is 0 Å². The molecular formula is C16H28N2O3. The van der Waals surface area contributed by atoms with E-state index in [1.54, 1.807) is 16.8 Å². The lowest BCUT2D eigenvalue weighted by atomic mass is 9.86. The van der Waals surface area contributed by atoms with Crippen LogP contribution in [0, 0.1) is 11.3 Å². The summed E-state index contributed by atoms with van der Waals surface area (Å²) in [5, 5.41) is 9.96. The smallest absolute Gasteiger partial charge is 0.235 e. The molecule has 2 fully saturated rings. The van der Waals surface area contributed by atoms with Gasteiger partial charge in [-0.3, -0.25) is 9.59 Å². The van der Waals surface area contributed by atoms with Gasteiger partial charge in [0.25, 0.3) is 0 Å². The molecule has 21 heavy (non-hydrogen) atoms. The van der Waals surface area contributed by atoms with Gasteiger partial charge in [0.1, 0.15) is 5.92 Å². The summed E-state index contributed by atoms with van der Waals surface area (Å²) in [6.07, 6.45) is 3.50. The molecule has 0 spiro atoms. The Balaban J connectivity index is 2.12. The van der Waals surface area contributed by atoms with E-state index in [2.05, 4.69) is 13.8 Å². The maximum atomic E-state index is 12.8. The van der Waals surface area contributed by atoms with Crippen LogP contribution in [0.2, 0.25) is 0 Å². The second-order valence-electron chi connectivity index (χ2n) is 7.38. The number of hydrogen-bond acceptors (Lipinski definition) is 3. The maximum Gasteiger partial charge on any atom is 0.235 e. The highest BCUT2D eigenvalue weighted by Gasteiger charge is 2.37. The molecule has 0 aliphatic carbocycles. The van der Waals surface area contributed by atoms with Gasteiger partial charge in [0.2, 0.25) is 11.8 Å². The van der Waals surface area contributed by atoms with Crippen molar-refractivity contribution in [3.8, 4) is 0 Å². The minimum absolute atomic E-state index is 0.0416. The predicted molar refractivity (Wildman–Crippen MR) is 80.6 cm³/mol. The van der Waals surface area contributed by atoms with Crippen molar-refractivity contribution < 1.29 is 14.7 Å². The average Bonchev–Trinajstić information content (AvgIpc) is 2.64. The molecule has 0 radical (unpaired) electrons. The number of likely N-dealkylation sites (tertiary alicyclic amines) is 2. The summed E-state index contributed by atoms with van der Waals surface area (Å²) < 4.78 is 0. The van der Waals surface area contributed by atoms with Crippen LogP contribution in [0.1, 0.15) is 46.0 Å². The summed E-state index contributed by atoms with van der Waals surface area (Å²) in [6.45, 7) is 6.06. The Labute approximate surface area is 127 Å². The van der Waals surface area contributed by atoms with E-state index in [-0.39, 0.29) is 23.3 Å². The maximum absolute atomic E-state index is 12.8. The first-order valence-corrected chi connectivity index (χ1v) is 8.02. The predicted octanol–water partition coefficient (Wildman–Crippen LogP) is 1.25. The molecule has 5 nitrogen and oxygen atoms in total. The van der Waals surface area contributed by atoms with Crippen molar-refractivity contribution >= 4 is 11.8 Å². The Bertz CT molecular complexity index is 408. The molecule has 2 amide bonds. The fraction of sp³-hybridized carbons (Fsp3) is 0.875. The van der Waals surface area contributed by atoms with Crippen LogP contribution in [0.3, 0.4) is 0 Å². The second kappa shape index (κ2) is 6.34. The van der Waals surface area contributed by atoms with E-state index in [0.29, 0.717) is 32.4 Å². The third-order valence-corrected chi connectivity index (χ3v) is 4.66. The summed E-state index contributed by atoms with van der Waals surface area (Å²) in [5.41, 5.74) is -0.106. The minimum atomic E-state index is -0.524. The minimum Gasteiger partial charge on any atom is -0.393 e. The Morgan fingerprint density at radius 2 is 1.95 bits per heavy atom. The number of rotatable bonds is 1. The first-order chi connectivity index (χ1) is 9.80. The van der Waals surface area contributed by atoms with Crippen LogP contribution in [-0.2, 0) is 9.59 Å². The molecule has 0 aromatic carbocycles. The topological polar surface area (TPSA) is 60.9 Å². The van der Waals surface area contributed by atoms with Gasteiger partial charge in [-0.15, -0.1) is 0 Å². The molecule has 0 aromatic heterocycles.